The third-order valence-electron chi connectivity index (χ3n) is 11.1. The van der Waals surface area contributed by atoms with Crippen molar-refractivity contribution < 1.29 is 71.1 Å². The highest BCUT2D eigenvalue weighted by molar-refractivity contribution is 6.32. The van der Waals surface area contributed by atoms with E-state index in [1.165, 1.54) is 32.6 Å². The van der Waals surface area contributed by atoms with Crippen molar-refractivity contribution in [1.29, 1.82) is 0 Å². The predicted molar refractivity (Wildman–Crippen MR) is 229 cm³/mol. The molecule has 0 saturated heterocycles. The van der Waals surface area contributed by atoms with Crippen LogP contribution in [0.15, 0.2) is 42.5 Å². The number of unbranched alkanes of at least 4 members (excludes halogenated alkanes) is 2. The van der Waals surface area contributed by atoms with Crippen molar-refractivity contribution in [2.75, 3.05) is 47.3 Å². The number of benzene rings is 2. The molecule has 0 unspecified atom stereocenters. The monoisotopic (exact) mass is 882 g/mol. The van der Waals surface area contributed by atoms with Gasteiger partial charge in [-0.25, -0.2) is 14.0 Å². The number of ether oxygens (including phenoxy) is 7. The van der Waals surface area contributed by atoms with E-state index in [0.717, 1.165) is 58.3 Å². The predicted octanol–water partition coefficient (Wildman–Crippen LogP) is 7.67. The molecule has 346 valence electrons. The fourth-order valence-electron chi connectivity index (χ4n) is 7.31. The summed E-state index contributed by atoms with van der Waals surface area (Å²) in [4.78, 5) is 85.5. The van der Waals surface area contributed by atoms with Crippen LogP contribution in [0, 0.1) is 17.2 Å². The molecule has 0 aromatic heterocycles. The lowest BCUT2D eigenvalue weighted by atomic mass is 9.76. The number of hydrogen-bond acceptors (Lipinski definition) is 14. The van der Waals surface area contributed by atoms with Gasteiger partial charge >= 0.3 is 35.8 Å². The van der Waals surface area contributed by atoms with Gasteiger partial charge < -0.3 is 33.2 Å². The molecule has 1 aliphatic carbocycles. The van der Waals surface area contributed by atoms with E-state index in [2.05, 4.69) is 23.0 Å². The summed E-state index contributed by atoms with van der Waals surface area (Å²) in [5, 5.41) is 0. The first-order valence-corrected chi connectivity index (χ1v) is 21.6. The minimum absolute atomic E-state index is 0.0249. The van der Waals surface area contributed by atoms with Crippen molar-refractivity contribution in [2.24, 2.45) is 11.3 Å². The molecular weight excluding hydrogens is 820 g/mol. The number of methoxy groups -OCH3 is 2. The van der Waals surface area contributed by atoms with Gasteiger partial charge in [0.25, 0.3) is 0 Å². The quantitative estimate of drug-likeness (QED) is 0.0224. The van der Waals surface area contributed by atoms with Gasteiger partial charge in [-0.05, 0) is 104 Å². The number of carbonyl (C=O) groups excluding carboxylic acids is 7. The summed E-state index contributed by atoms with van der Waals surface area (Å²) in [6, 6.07) is 8.98. The molecule has 0 atom stereocenters. The Morgan fingerprint density at radius 1 is 0.698 bits per heavy atom. The number of hydrogen-bond donors (Lipinski definition) is 0. The fraction of sp³-hybridized carbons (Fsp3) is 0.562. The maximum absolute atomic E-state index is 16.3. The molecule has 0 radical (unpaired) electrons. The van der Waals surface area contributed by atoms with Crippen molar-refractivity contribution in [2.45, 2.75) is 117 Å². The second-order valence-corrected chi connectivity index (χ2v) is 16.2. The number of halogens is 1. The van der Waals surface area contributed by atoms with Crippen molar-refractivity contribution in [1.82, 2.24) is 0 Å². The van der Waals surface area contributed by atoms with E-state index >= 15 is 4.39 Å². The molecule has 0 spiro atoms. The van der Waals surface area contributed by atoms with Gasteiger partial charge in [-0.1, -0.05) is 58.2 Å². The van der Waals surface area contributed by atoms with Gasteiger partial charge in [-0.2, -0.15) is 0 Å². The highest BCUT2D eigenvalue weighted by Gasteiger charge is 2.39. The minimum atomic E-state index is -1.72. The van der Waals surface area contributed by atoms with Crippen LogP contribution in [-0.2, 0) is 74.8 Å². The van der Waals surface area contributed by atoms with E-state index in [4.69, 9.17) is 23.7 Å². The van der Waals surface area contributed by atoms with Crippen molar-refractivity contribution in [3.8, 4) is 16.9 Å². The number of esters is 6. The highest BCUT2D eigenvalue weighted by Crippen LogP contribution is 2.40. The summed E-state index contributed by atoms with van der Waals surface area (Å²) in [6.07, 6.45) is 8.74. The Hall–Kier alpha value is -5.60. The van der Waals surface area contributed by atoms with E-state index in [0.29, 0.717) is 35.1 Å². The average molecular weight is 883 g/mol. The highest BCUT2D eigenvalue weighted by atomic mass is 19.1. The zero-order chi connectivity index (χ0) is 46.5. The summed E-state index contributed by atoms with van der Waals surface area (Å²) in [5.74, 6) is -5.70. The Kier molecular flexibility index (Phi) is 21.5. The van der Waals surface area contributed by atoms with E-state index in [1.54, 1.807) is 18.2 Å². The van der Waals surface area contributed by atoms with E-state index in [9.17, 15) is 33.6 Å². The van der Waals surface area contributed by atoms with Gasteiger partial charge in [0.1, 0.15) is 56.3 Å². The van der Waals surface area contributed by atoms with Crippen LogP contribution in [0.2, 0.25) is 0 Å². The van der Waals surface area contributed by atoms with Gasteiger partial charge in [0.15, 0.2) is 0 Å². The van der Waals surface area contributed by atoms with Crippen LogP contribution in [0.25, 0.3) is 11.1 Å². The number of rotatable bonds is 26. The number of carbonyl (C=O) groups is 7. The Balaban J connectivity index is 2.04. The summed E-state index contributed by atoms with van der Waals surface area (Å²) < 4.78 is 53.2. The van der Waals surface area contributed by atoms with E-state index in [-0.39, 0.29) is 36.1 Å². The molecule has 0 amide bonds. The molecule has 3 rings (SSSR count). The van der Waals surface area contributed by atoms with Crippen LogP contribution in [0.4, 0.5) is 4.39 Å². The van der Waals surface area contributed by atoms with Gasteiger partial charge in [-0.3, -0.25) is 24.0 Å². The molecule has 1 aliphatic rings. The van der Waals surface area contributed by atoms with Crippen molar-refractivity contribution >= 4 is 41.6 Å². The third kappa shape index (κ3) is 16.9. The lowest BCUT2D eigenvalue weighted by Gasteiger charge is -2.32. The molecule has 14 nitrogen and oxygen atoms in total. The lowest BCUT2D eigenvalue weighted by Crippen LogP contribution is -2.45. The summed E-state index contributed by atoms with van der Waals surface area (Å²) in [6.45, 7) is 7.76. The van der Waals surface area contributed by atoms with Crippen LogP contribution in [0.3, 0.4) is 0 Å². The number of aryl methyl sites for hydroxylation is 2. The van der Waals surface area contributed by atoms with Gasteiger partial charge in [0.05, 0.1) is 20.8 Å². The van der Waals surface area contributed by atoms with Crippen LogP contribution in [0.1, 0.15) is 121 Å². The molecule has 15 heteroatoms. The Labute approximate surface area is 369 Å². The van der Waals surface area contributed by atoms with Gasteiger partial charge in [-0.15, -0.1) is 0 Å². The molecule has 1 saturated carbocycles. The third-order valence-corrected chi connectivity index (χ3v) is 11.1. The van der Waals surface area contributed by atoms with Gasteiger partial charge in [0.2, 0.25) is 5.78 Å². The smallest absolute Gasteiger partial charge is 0.374 e. The van der Waals surface area contributed by atoms with Crippen LogP contribution >= 0.6 is 0 Å². The maximum atomic E-state index is 16.3. The van der Waals surface area contributed by atoms with Crippen LogP contribution in [0.5, 0.6) is 5.75 Å². The van der Waals surface area contributed by atoms with Crippen LogP contribution < -0.4 is 4.74 Å². The average Bonchev–Trinajstić information content (AvgIpc) is 3.27. The molecule has 63 heavy (non-hydrogen) atoms. The normalized spacial score (nSPS) is 14.8. The summed E-state index contributed by atoms with van der Waals surface area (Å²) in [5.41, 5.74) is 1.78. The Bertz CT molecular complexity index is 1900. The molecular formula is C48H63FO14. The fourth-order valence-corrected chi connectivity index (χ4v) is 7.31. The topological polar surface area (TPSA) is 184 Å². The first kappa shape index (κ1) is 51.7. The molecule has 0 aliphatic heterocycles. The number of Topliss-reactive ketones (excluding diaryl/α,β-unsaturated/α-hetero) is 1. The Morgan fingerprint density at radius 3 is 1.86 bits per heavy atom. The SMILES string of the molecule is C=C(C)C(=O)OCCCc1cc(-c2ccc(C3CCC(CCCCC)CC3)cc2F)c(CC)cc1OCC(COC(=O)CC(=O)OC)(COC(=O)CC(=O)OC)COC(=O)C(C)=O. The second-order valence-electron chi connectivity index (χ2n) is 16.2. The molecule has 1 fully saturated rings. The summed E-state index contributed by atoms with van der Waals surface area (Å²) >= 11 is 0. The summed E-state index contributed by atoms with van der Waals surface area (Å²) in [7, 11) is 2.16. The molecule has 2 aromatic rings. The minimum Gasteiger partial charge on any atom is -0.492 e. The molecule has 0 heterocycles. The Morgan fingerprint density at radius 2 is 1.32 bits per heavy atom. The first-order chi connectivity index (χ1) is 30.0. The largest absolute Gasteiger partial charge is 0.492 e. The first-order valence-electron chi connectivity index (χ1n) is 21.6. The van der Waals surface area contributed by atoms with Gasteiger partial charge in [0, 0.05) is 18.1 Å². The molecule has 0 N–H and O–H groups in total. The zero-order valence-corrected chi connectivity index (χ0v) is 37.6. The molecule has 2 aromatic carbocycles. The lowest BCUT2D eigenvalue weighted by molar-refractivity contribution is -0.168. The van der Waals surface area contributed by atoms with E-state index < -0.39 is 86.3 Å². The maximum Gasteiger partial charge on any atom is 0.374 e. The van der Waals surface area contributed by atoms with Crippen LogP contribution in [-0.4, -0.2) is 88.9 Å². The number of ketones is 1. The van der Waals surface area contributed by atoms with Crippen molar-refractivity contribution in [3.05, 3.63) is 65.0 Å². The standard InChI is InChI=1S/C48H63FO14/c1-8-10-11-13-33-15-17-35(18-16-33)36-19-20-38(40(49)23-36)39-22-37(14-12-21-59-46(55)31(3)4)41(24-34(39)9-2)60-27-48(30-63-47(56)32(5)50,28-61-44(53)25-42(51)57-6)29-62-45(54)26-43(52)58-7/h19-20,22-24,33,35H,3,8-18,21,25-30H2,1-2,4-7H3. The molecule has 0 bridgehead atoms. The van der Waals surface area contributed by atoms with E-state index in [1.807, 2.05) is 19.1 Å². The second kappa shape index (κ2) is 26.1. The zero-order valence-electron chi connectivity index (χ0n) is 37.6. The van der Waals surface area contributed by atoms with Crippen molar-refractivity contribution in [3.63, 3.8) is 0 Å².